The lowest BCUT2D eigenvalue weighted by Gasteiger charge is -2.29. The monoisotopic (exact) mass is 294 g/mol. The van der Waals surface area contributed by atoms with Gasteiger partial charge < -0.3 is 4.48 Å². The van der Waals surface area contributed by atoms with Crippen LogP contribution in [0.2, 0.25) is 0 Å². The molecule has 0 heterocycles. The van der Waals surface area contributed by atoms with Gasteiger partial charge in [-0.3, -0.25) is 0 Å². The van der Waals surface area contributed by atoms with Gasteiger partial charge in [-0.15, -0.1) is 0 Å². The second-order valence-corrected chi connectivity index (χ2v) is 6.09. The molecule has 0 aliphatic carbocycles. The molecular formula is C19H24N3+. The second kappa shape index (κ2) is 8.28. The van der Waals surface area contributed by atoms with Gasteiger partial charge in [-0.25, -0.2) is 4.99 Å². The van der Waals surface area contributed by atoms with Crippen molar-refractivity contribution in [3.05, 3.63) is 66.2 Å². The van der Waals surface area contributed by atoms with Crippen molar-refractivity contribution < 1.29 is 4.48 Å². The topological polar surface area (TPSA) is 24.7 Å². The zero-order chi connectivity index (χ0) is 15.7. The smallest absolute Gasteiger partial charge is 0.104 e. The number of quaternary nitrogens is 1. The van der Waals surface area contributed by atoms with Crippen LogP contribution in [0, 0.1) is 0 Å². The van der Waals surface area contributed by atoms with E-state index in [1.807, 2.05) is 30.3 Å². The molecule has 0 fully saturated rings. The average Bonchev–Trinajstić information content (AvgIpc) is 2.52. The first-order valence-electron chi connectivity index (χ1n) is 7.69. The van der Waals surface area contributed by atoms with E-state index in [1.165, 1.54) is 5.56 Å². The third-order valence-electron chi connectivity index (χ3n) is 3.49. The van der Waals surface area contributed by atoms with Crippen LogP contribution in [0.3, 0.4) is 0 Å². The van der Waals surface area contributed by atoms with Crippen molar-refractivity contribution in [3.8, 4) is 0 Å². The molecule has 22 heavy (non-hydrogen) atoms. The van der Waals surface area contributed by atoms with E-state index >= 15 is 0 Å². The Morgan fingerprint density at radius 1 is 0.909 bits per heavy atom. The number of benzene rings is 2. The molecule has 0 radical (unpaired) electrons. The summed E-state index contributed by atoms with van der Waals surface area (Å²) in [5, 5.41) is 0. The van der Waals surface area contributed by atoms with Crippen LogP contribution in [0.1, 0.15) is 12.0 Å². The summed E-state index contributed by atoms with van der Waals surface area (Å²) >= 11 is 0. The number of nitrogens with zero attached hydrogens (tertiary/aromatic N) is 3. The maximum Gasteiger partial charge on any atom is 0.104 e. The molecule has 0 saturated carbocycles. The van der Waals surface area contributed by atoms with Crippen molar-refractivity contribution in [2.75, 3.05) is 27.2 Å². The van der Waals surface area contributed by atoms with Gasteiger partial charge in [0.05, 0.1) is 38.9 Å². The summed E-state index contributed by atoms with van der Waals surface area (Å²) in [6.07, 6.45) is 1.04. The van der Waals surface area contributed by atoms with Crippen LogP contribution < -0.4 is 0 Å². The van der Waals surface area contributed by atoms with Crippen molar-refractivity contribution in [1.82, 2.24) is 0 Å². The number of para-hydroxylation sites is 1. The Morgan fingerprint density at radius 3 is 2.23 bits per heavy atom. The molecule has 0 aliphatic heterocycles. The molecule has 0 spiro atoms. The summed E-state index contributed by atoms with van der Waals surface area (Å²) in [6.45, 7) is 2.90. The first-order chi connectivity index (χ1) is 10.7. The van der Waals surface area contributed by atoms with Gasteiger partial charge in [0.15, 0.2) is 0 Å². The normalized spacial score (nSPS) is 10.8. The fourth-order valence-corrected chi connectivity index (χ4v) is 2.38. The quantitative estimate of drug-likeness (QED) is 0.416. The van der Waals surface area contributed by atoms with E-state index in [2.05, 4.69) is 60.4 Å². The maximum atomic E-state index is 4.25. The van der Waals surface area contributed by atoms with Crippen LogP contribution in [0.4, 0.5) is 5.69 Å². The maximum absolute atomic E-state index is 4.25. The highest BCUT2D eigenvalue weighted by molar-refractivity contribution is 5.51. The minimum atomic E-state index is 0.771. The molecular weight excluding hydrogens is 270 g/mol. The molecule has 0 bridgehead atoms. The van der Waals surface area contributed by atoms with Gasteiger partial charge >= 0.3 is 0 Å². The fourth-order valence-electron chi connectivity index (χ4n) is 2.38. The van der Waals surface area contributed by atoms with E-state index < -0.39 is 0 Å². The molecule has 0 aliphatic rings. The summed E-state index contributed by atoms with van der Waals surface area (Å²) in [5.41, 5.74) is 2.27. The Morgan fingerprint density at radius 2 is 1.55 bits per heavy atom. The molecule has 0 unspecified atom stereocenters. The van der Waals surface area contributed by atoms with E-state index in [4.69, 9.17) is 0 Å². The minimum absolute atomic E-state index is 0.771. The van der Waals surface area contributed by atoms with Crippen LogP contribution in [0.5, 0.6) is 0 Å². The molecule has 0 aromatic heterocycles. The zero-order valence-electron chi connectivity index (χ0n) is 13.4. The standard InChI is InChI=1S/C19H24N3/c1-22(2,16-18-10-5-3-6-11-18)15-9-14-20-17-21-19-12-7-4-8-13-19/h3-8,10-13H,9,14-16H2,1-2H3/q+1. The third-order valence-corrected chi connectivity index (χ3v) is 3.49. The van der Waals surface area contributed by atoms with Crippen molar-refractivity contribution in [2.45, 2.75) is 13.0 Å². The van der Waals surface area contributed by atoms with E-state index in [9.17, 15) is 0 Å². The van der Waals surface area contributed by atoms with E-state index in [-0.39, 0.29) is 0 Å². The second-order valence-electron chi connectivity index (χ2n) is 6.09. The lowest BCUT2D eigenvalue weighted by molar-refractivity contribution is -0.903. The lowest BCUT2D eigenvalue weighted by Crippen LogP contribution is -2.39. The third kappa shape index (κ3) is 6.04. The zero-order valence-corrected chi connectivity index (χ0v) is 13.4. The molecule has 0 N–H and O–H groups in total. The number of hydrogen-bond acceptors (Lipinski definition) is 2. The molecule has 2 rings (SSSR count). The Balaban J connectivity index is 1.74. The molecule has 0 amide bonds. The predicted octanol–water partition coefficient (Wildman–Crippen LogP) is 4.16. The summed E-state index contributed by atoms with van der Waals surface area (Å²) in [4.78, 5) is 8.44. The minimum Gasteiger partial charge on any atom is -0.325 e. The van der Waals surface area contributed by atoms with Crippen LogP contribution in [-0.2, 0) is 6.54 Å². The van der Waals surface area contributed by atoms with Crippen LogP contribution in [0.15, 0.2) is 70.6 Å². The van der Waals surface area contributed by atoms with Gasteiger partial charge in [0, 0.05) is 12.0 Å². The first kappa shape index (κ1) is 16.2. The molecule has 0 saturated heterocycles. The van der Waals surface area contributed by atoms with Crippen molar-refractivity contribution in [1.29, 1.82) is 0 Å². The van der Waals surface area contributed by atoms with Crippen LogP contribution in [0.25, 0.3) is 0 Å². The Labute approximate surface area is 133 Å². The van der Waals surface area contributed by atoms with E-state index in [0.717, 1.165) is 36.2 Å². The van der Waals surface area contributed by atoms with Gasteiger partial charge in [-0.1, -0.05) is 48.5 Å². The molecule has 114 valence electrons. The molecule has 2 aromatic carbocycles. The largest absolute Gasteiger partial charge is 0.325 e. The van der Waals surface area contributed by atoms with Crippen molar-refractivity contribution >= 4 is 11.7 Å². The molecule has 0 atom stereocenters. The van der Waals surface area contributed by atoms with Crippen LogP contribution >= 0.6 is 0 Å². The summed E-state index contributed by atoms with van der Waals surface area (Å²) in [6, 6.07) is 23.2. The van der Waals surface area contributed by atoms with Gasteiger partial charge in [-0.05, 0) is 12.1 Å². The molecule has 3 nitrogen and oxygen atoms in total. The van der Waals surface area contributed by atoms with Crippen molar-refractivity contribution in [3.63, 3.8) is 0 Å². The molecule has 2 aromatic rings. The molecule has 3 heteroatoms. The highest BCUT2D eigenvalue weighted by Crippen LogP contribution is 2.10. The Bertz CT molecular complexity index is 612. The highest BCUT2D eigenvalue weighted by Gasteiger charge is 2.14. The highest BCUT2D eigenvalue weighted by atomic mass is 15.3. The fraction of sp³-hybridized carbons (Fsp3) is 0.316. The summed E-state index contributed by atoms with van der Waals surface area (Å²) in [5.74, 6) is 0. The predicted molar refractivity (Wildman–Crippen MR) is 92.6 cm³/mol. The summed E-state index contributed by atoms with van der Waals surface area (Å²) in [7, 11) is 4.52. The van der Waals surface area contributed by atoms with Gasteiger partial charge in [0.25, 0.3) is 0 Å². The SMILES string of the molecule is C[N+](C)(CCCN=C=Nc1ccccc1)Cc1ccccc1. The number of aliphatic imine (C=N–C) groups is 2. The average molecular weight is 294 g/mol. The van der Waals surface area contributed by atoms with Crippen molar-refractivity contribution in [2.24, 2.45) is 9.98 Å². The van der Waals surface area contributed by atoms with E-state index in [1.54, 1.807) is 0 Å². The van der Waals surface area contributed by atoms with Gasteiger partial charge in [0.1, 0.15) is 6.54 Å². The van der Waals surface area contributed by atoms with Gasteiger partial charge in [-0.2, -0.15) is 4.99 Å². The first-order valence-corrected chi connectivity index (χ1v) is 7.69. The number of hydrogen-bond donors (Lipinski definition) is 0. The Hall–Kier alpha value is -2.22. The van der Waals surface area contributed by atoms with E-state index in [0.29, 0.717) is 0 Å². The lowest BCUT2D eigenvalue weighted by atomic mass is 10.2. The summed E-state index contributed by atoms with van der Waals surface area (Å²) < 4.78 is 0.968. The van der Waals surface area contributed by atoms with Gasteiger partial charge in [0.2, 0.25) is 0 Å². The Kier molecular flexibility index (Phi) is 6.08. The van der Waals surface area contributed by atoms with Crippen LogP contribution in [-0.4, -0.2) is 37.7 Å². The number of rotatable bonds is 7.